The molecule has 1 N–H and O–H groups in total. The van der Waals surface area contributed by atoms with E-state index in [1.807, 2.05) is 31.2 Å². The Bertz CT molecular complexity index is 1220. The van der Waals surface area contributed by atoms with Gasteiger partial charge in [-0.15, -0.1) is 0 Å². The second kappa shape index (κ2) is 10.0. The van der Waals surface area contributed by atoms with Crippen molar-refractivity contribution in [2.75, 3.05) is 23.3 Å². The van der Waals surface area contributed by atoms with E-state index in [4.69, 9.17) is 34.8 Å². The number of anilines is 2. The van der Waals surface area contributed by atoms with Crippen LogP contribution in [0.4, 0.5) is 16.2 Å². The summed E-state index contributed by atoms with van der Waals surface area (Å²) in [6, 6.07) is 17.7. The van der Waals surface area contributed by atoms with E-state index in [-0.39, 0.29) is 11.9 Å². The Balaban J connectivity index is 1.59. The maximum atomic E-state index is 13.4. The Hall–Kier alpha value is -2.73. The van der Waals surface area contributed by atoms with E-state index in [2.05, 4.69) is 5.32 Å². The third-order valence-corrected chi connectivity index (χ3v) is 6.55. The van der Waals surface area contributed by atoms with E-state index in [0.717, 1.165) is 17.5 Å². The molecule has 0 saturated carbocycles. The Morgan fingerprint density at radius 1 is 0.939 bits per heavy atom. The third-order valence-electron chi connectivity index (χ3n) is 5.48. The number of amides is 3. The molecule has 8 heteroatoms. The van der Waals surface area contributed by atoms with Gasteiger partial charge in [-0.05, 0) is 60.9 Å². The summed E-state index contributed by atoms with van der Waals surface area (Å²) in [6.45, 7) is 3.53. The lowest BCUT2D eigenvalue weighted by atomic mass is 10.1. The molecule has 0 bridgehead atoms. The van der Waals surface area contributed by atoms with Crippen molar-refractivity contribution < 1.29 is 9.59 Å². The number of halogens is 3. The van der Waals surface area contributed by atoms with Crippen molar-refractivity contribution >= 4 is 58.1 Å². The highest BCUT2D eigenvalue weighted by molar-refractivity contribution is 6.42. The van der Waals surface area contributed by atoms with Gasteiger partial charge < -0.3 is 10.2 Å². The topological polar surface area (TPSA) is 52.6 Å². The van der Waals surface area contributed by atoms with Gasteiger partial charge in [-0.25, -0.2) is 4.79 Å². The molecule has 1 heterocycles. The normalized spacial score (nSPS) is 13.9. The number of carbonyl (C=O) groups excluding carboxylic acids is 2. The van der Waals surface area contributed by atoms with Crippen molar-refractivity contribution in [3.05, 3.63) is 92.4 Å². The summed E-state index contributed by atoms with van der Waals surface area (Å²) < 4.78 is 0. The summed E-state index contributed by atoms with van der Waals surface area (Å²) >= 11 is 18.4. The van der Waals surface area contributed by atoms with Gasteiger partial charge in [-0.1, -0.05) is 59.1 Å². The molecule has 1 aliphatic rings. The zero-order valence-corrected chi connectivity index (χ0v) is 20.2. The van der Waals surface area contributed by atoms with Gasteiger partial charge in [0.05, 0.1) is 32.0 Å². The third kappa shape index (κ3) is 5.27. The SMILES string of the molecule is Cc1ccc(N2CCCN(Cc3ccc(Cl)c(Cl)c3)C2=O)c(NC(=O)c2ccccc2Cl)c1. The monoisotopic (exact) mass is 501 g/mol. The quantitative estimate of drug-likeness (QED) is 0.407. The molecule has 0 atom stereocenters. The highest BCUT2D eigenvalue weighted by atomic mass is 35.5. The van der Waals surface area contributed by atoms with Crippen molar-refractivity contribution in [1.82, 2.24) is 4.90 Å². The number of hydrogen-bond donors (Lipinski definition) is 1. The molecule has 0 aromatic heterocycles. The minimum Gasteiger partial charge on any atom is -0.320 e. The number of urea groups is 1. The molecule has 170 valence electrons. The number of benzene rings is 3. The summed E-state index contributed by atoms with van der Waals surface area (Å²) in [5.74, 6) is -0.329. The van der Waals surface area contributed by atoms with Crippen LogP contribution in [0.25, 0.3) is 0 Å². The zero-order valence-electron chi connectivity index (χ0n) is 17.9. The number of hydrogen-bond acceptors (Lipinski definition) is 2. The summed E-state index contributed by atoms with van der Waals surface area (Å²) in [4.78, 5) is 29.7. The van der Waals surface area contributed by atoms with Gasteiger partial charge in [-0.2, -0.15) is 0 Å². The van der Waals surface area contributed by atoms with E-state index in [1.165, 1.54) is 0 Å². The van der Waals surface area contributed by atoms with Crippen molar-refractivity contribution in [3.8, 4) is 0 Å². The second-order valence-electron chi connectivity index (χ2n) is 7.91. The average Bonchev–Trinajstić information content (AvgIpc) is 2.78. The lowest BCUT2D eigenvalue weighted by molar-refractivity contribution is 0.102. The number of rotatable bonds is 5. The van der Waals surface area contributed by atoms with Gasteiger partial charge in [0.15, 0.2) is 0 Å². The Kier molecular flexibility index (Phi) is 7.13. The molecular formula is C25H22Cl3N3O2. The molecule has 3 aromatic rings. The standard InChI is InChI=1S/C25H22Cl3N3O2/c1-16-7-10-23(22(13-16)29-24(32)18-5-2-3-6-19(18)26)31-12-4-11-30(25(31)33)15-17-8-9-20(27)21(28)14-17/h2-3,5-10,13-14H,4,11-12,15H2,1H3,(H,29,32). The Morgan fingerprint density at radius 2 is 1.73 bits per heavy atom. The molecule has 3 aromatic carbocycles. The van der Waals surface area contributed by atoms with E-state index in [1.54, 1.807) is 46.2 Å². The van der Waals surface area contributed by atoms with Gasteiger partial charge in [-0.3, -0.25) is 9.69 Å². The van der Waals surface area contributed by atoms with Gasteiger partial charge in [0, 0.05) is 19.6 Å². The summed E-state index contributed by atoms with van der Waals surface area (Å²) in [7, 11) is 0. The van der Waals surface area contributed by atoms with Crippen molar-refractivity contribution in [1.29, 1.82) is 0 Å². The number of nitrogens with zero attached hydrogens (tertiary/aromatic N) is 2. The Morgan fingerprint density at radius 3 is 2.48 bits per heavy atom. The van der Waals surface area contributed by atoms with Crippen LogP contribution in [0.5, 0.6) is 0 Å². The van der Waals surface area contributed by atoms with Crippen LogP contribution in [0.1, 0.15) is 27.9 Å². The molecule has 1 fully saturated rings. The van der Waals surface area contributed by atoms with Crippen LogP contribution in [-0.4, -0.2) is 29.9 Å². The fourth-order valence-corrected chi connectivity index (χ4v) is 4.37. The molecule has 0 radical (unpaired) electrons. The van der Waals surface area contributed by atoms with Crippen molar-refractivity contribution in [3.63, 3.8) is 0 Å². The lowest BCUT2D eigenvalue weighted by Crippen LogP contribution is -2.49. The molecule has 0 aliphatic carbocycles. The Labute approximate surface area is 207 Å². The van der Waals surface area contributed by atoms with Crippen LogP contribution in [-0.2, 0) is 6.54 Å². The predicted octanol–water partition coefficient (Wildman–Crippen LogP) is 7.04. The summed E-state index contributed by atoms with van der Waals surface area (Å²) in [5.41, 5.74) is 3.44. The molecule has 4 rings (SSSR count). The van der Waals surface area contributed by atoms with Gasteiger partial charge in [0.25, 0.3) is 5.91 Å². The molecule has 0 unspecified atom stereocenters. The predicted molar refractivity (Wildman–Crippen MR) is 135 cm³/mol. The molecule has 1 aliphatic heterocycles. The first-order valence-electron chi connectivity index (χ1n) is 10.5. The van der Waals surface area contributed by atoms with Gasteiger partial charge in [0.2, 0.25) is 0 Å². The average molecular weight is 503 g/mol. The van der Waals surface area contributed by atoms with Crippen LogP contribution in [0.2, 0.25) is 15.1 Å². The summed E-state index contributed by atoms with van der Waals surface area (Å²) in [5, 5.41) is 4.24. The first-order chi connectivity index (χ1) is 15.8. The number of carbonyl (C=O) groups is 2. The highest BCUT2D eigenvalue weighted by Crippen LogP contribution is 2.32. The van der Waals surface area contributed by atoms with Crippen molar-refractivity contribution in [2.45, 2.75) is 19.9 Å². The first kappa shape index (κ1) is 23.4. The fraction of sp³-hybridized carbons (Fsp3) is 0.200. The van der Waals surface area contributed by atoms with Crippen LogP contribution in [0.3, 0.4) is 0 Å². The van der Waals surface area contributed by atoms with E-state index >= 15 is 0 Å². The van der Waals surface area contributed by atoms with Crippen LogP contribution in [0, 0.1) is 6.92 Å². The van der Waals surface area contributed by atoms with Crippen molar-refractivity contribution in [2.24, 2.45) is 0 Å². The molecule has 3 amide bonds. The molecule has 1 saturated heterocycles. The van der Waals surface area contributed by atoms with Gasteiger partial charge >= 0.3 is 6.03 Å². The largest absolute Gasteiger partial charge is 0.324 e. The maximum Gasteiger partial charge on any atom is 0.324 e. The smallest absolute Gasteiger partial charge is 0.320 e. The van der Waals surface area contributed by atoms with Crippen LogP contribution >= 0.6 is 34.8 Å². The van der Waals surface area contributed by atoms with Gasteiger partial charge in [0.1, 0.15) is 0 Å². The van der Waals surface area contributed by atoms with Crippen LogP contribution < -0.4 is 10.2 Å². The van der Waals surface area contributed by atoms with E-state index < -0.39 is 0 Å². The maximum absolute atomic E-state index is 13.4. The summed E-state index contributed by atoms with van der Waals surface area (Å²) in [6.07, 6.45) is 0.791. The van der Waals surface area contributed by atoms with Crippen LogP contribution in [0.15, 0.2) is 60.7 Å². The molecule has 33 heavy (non-hydrogen) atoms. The first-order valence-corrected chi connectivity index (χ1v) is 11.6. The molecule has 0 spiro atoms. The second-order valence-corrected chi connectivity index (χ2v) is 9.13. The van der Waals surface area contributed by atoms with E-state index in [0.29, 0.717) is 51.6 Å². The zero-order chi connectivity index (χ0) is 23.5. The highest BCUT2D eigenvalue weighted by Gasteiger charge is 2.29. The minimum atomic E-state index is -0.329. The minimum absolute atomic E-state index is 0.135. The number of nitrogens with one attached hydrogen (secondary N) is 1. The van der Waals surface area contributed by atoms with E-state index in [9.17, 15) is 9.59 Å². The fourth-order valence-electron chi connectivity index (χ4n) is 3.83. The molecule has 5 nitrogen and oxygen atoms in total. The molecular weight excluding hydrogens is 481 g/mol. The lowest BCUT2D eigenvalue weighted by Gasteiger charge is -2.36. The number of aryl methyl sites for hydroxylation is 1.